The highest BCUT2D eigenvalue weighted by atomic mass is 32.2. The van der Waals surface area contributed by atoms with Crippen LogP contribution in [0.2, 0.25) is 0 Å². The van der Waals surface area contributed by atoms with Gasteiger partial charge in [0.1, 0.15) is 6.04 Å². The van der Waals surface area contributed by atoms with Crippen LogP contribution in [0.3, 0.4) is 0 Å². The number of aliphatic carboxylic acids is 1. The van der Waals surface area contributed by atoms with Gasteiger partial charge in [-0.3, -0.25) is 4.79 Å². The van der Waals surface area contributed by atoms with Gasteiger partial charge in [-0.25, -0.2) is 9.59 Å². The standard InChI is InChI=1S/C10H16N2O5S/c1-3-17-10(16)7(11)8(13)12-5(2)18-4-6(12)9(14)15/h5-7H,3-4,11H2,1-2H3,(H,14,15). The monoisotopic (exact) mass is 276 g/mol. The maximum Gasteiger partial charge on any atom is 0.332 e. The molecule has 3 N–H and O–H groups in total. The number of nitrogens with zero attached hydrogens (tertiary/aromatic N) is 1. The number of carbonyl (C=O) groups excluding carboxylic acids is 2. The van der Waals surface area contributed by atoms with Crippen molar-refractivity contribution in [2.24, 2.45) is 5.73 Å². The Morgan fingerprint density at radius 2 is 2.17 bits per heavy atom. The Bertz CT molecular complexity index is 362. The lowest BCUT2D eigenvalue weighted by molar-refractivity contribution is -0.156. The third-order valence-electron chi connectivity index (χ3n) is 2.57. The van der Waals surface area contributed by atoms with E-state index in [0.29, 0.717) is 0 Å². The van der Waals surface area contributed by atoms with Crippen molar-refractivity contribution >= 4 is 29.6 Å². The third-order valence-corrected chi connectivity index (χ3v) is 3.79. The summed E-state index contributed by atoms with van der Waals surface area (Å²) in [5, 5.41) is 8.69. The normalized spacial score (nSPS) is 24.7. The van der Waals surface area contributed by atoms with E-state index >= 15 is 0 Å². The number of esters is 1. The van der Waals surface area contributed by atoms with Gasteiger partial charge in [0, 0.05) is 5.75 Å². The Hall–Kier alpha value is -1.28. The highest BCUT2D eigenvalue weighted by Crippen LogP contribution is 2.29. The van der Waals surface area contributed by atoms with Crippen molar-refractivity contribution in [1.82, 2.24) is 4.90 Å². The maximum atomic E-state index is 12.0. The van der Waals surface area contributed by atoms with Gasteiger partial charge in [-0.1, -0.05) is 0 Å². The largest absolute Gasteiger partial charge is 0.480 e. The van der Waals surface area contributed by atoms with Gasteiger partial charge < -0.3 is 20.5 Å². The zero-order valence-electron chi connectivity index (χ0n) is 10.2. The molecule has 3 unspecified atom stereocenters. The van der Waals surface area contributed by atoms with Crippen LogP contribution >= 0.6 is 11.8 Å². The van der Waals surface area contributed by atoms with Crippen LogP contribution in [0.5, 0.6) is 0 Å². The lowest BCUT2D eigenvalue weighted by Crippen LogP contribution is -2.54. The van der Waals surface area contributed by atoms with E-state index < -0.39 is 29.9 Å². The molecule has 1 heterocycles. The molecule has 3 atom stereocenters. The van der Waals surface area contributed by atoms with Crippen LogP contribution in [0.25, 0.3) is 0 Å². The first-order valence-electron chi connectivity index (χ1n) is 5.49. The van der Waals surface area contributed by atoms with Crippen LogP contribution in [0.1, 0.15) is 13.8 Å². The van der Waals surface area contributed by atoms with Gasteiger partial charge in [-0.05, 0) is 13.8 Å². The van der Waals surface area contributed by atoms with Gasteiger partial charge >= 0.3 is 11.9 Å². The summed E-state index contributed by atoms with van der Waals surface area (Å²) in [6.07, 6.45) is 0. The summed E-state index contributed by atoms with van der Waals surface area (Å²) in [5.74, 6) is -2.36. The second kappa shape index (κ2) is 6.05. The van der Waals surface area contributed by atoms with Gasteiger partial charge in [0.25, 0.3) is 5.91 Å². The van der Waals surface area contributed by atoms with Crippen molar-refractivity contribution in [3.05, 3.63) is 0 Å². The number of ether oxygens (including phenoxy) is 1. The van der Waals surface area contributed by atoms with Crippen LogP contribution in [-0.2, 0) is 19.1 Å². The topological polar surface area (TPSA) is 110 Å². The fourth-order valence-electron chi connectivity index (χ4n) is 1.66. The van der Waals surface area contributed by atoms with E-state index in [2.05, 4.69) is 4.74 Å². The summed E-state index contributed by atoms with van der Waals surface area (Å²) >= 11 is 1.33. The SMILES string of the molecule is CCOC(=O)C(N)C(=O)N1C(C)SCC1C(=O)O. The van der Waals surface area contributed by atoms with Gasteiger partial charge in [0.05, 0.1) is 12.0 Å². The lowest BCUT2D eigenvalue weighted by atomic mass is 10.2. The van der Waals surface area contributed by atoms with Gasteiger partial charge in [-0.2, -0.15) is 0 Å². The molecule has 0 aromatic carbocycles. The first-order valence-corrected chi connectivity index (χ1v) is 6.53. The number of hydrogen-bond donors (Lipinski definition) is 2. The molecule has 1 aliphatic rings. The number of rotatable bonds is 4. The first-order chi connectivity index (χ1) is 8.40. The summed E-state index contributed by atoms with van der Waals surface area (Å²) in [7, 11) is 0. The van der Waals surface area contributed by atoms with Crippen LogP contribution in [0, 0.1) is 0 Å². The smallest absolute Gasteiger partial charge is 0.332 e. The molecule has 8 heteroatoms. The second-order valence-corrected chi connectivity index (χ2v) is 5.11. The lowest BCUT2D eigenvalue weighted by Gasteiger charge is -2.26. The molecular formula is C10H16N2O5S. The molecule has 1 amide bonds. The maximum absolute atomic E-state index is 12.0. The number of nitrogens with two attached hydrogens (primary N) is 1. The van der Waals surface area contributed by atoms with Crippen LogP contribution in [-0.4, -0.2) is 57.7 Å². The molecule has 0 saturated carbocycles. The van der Waals surface area contributed by atoms with Crippen molar-refractivity contribution in [2.75, 3.05) is 12.4 Å². The molecule has 1 fully saturated rings. The molecule has 1 aliphatic heterocycles. The molecule has 102 valence electrons. The fourth-order valence-corrected chi connectivity index (χ4v) is 2.84. The number of amides is 1. The number of carbonyl (C=O) groups is 3. The van der Waals surface area contributed by atoms with Crippen LogP contribution in [0.15, 0.2) is 0 Å². The Labute approximate surface area is 109 Å². The second-order valence-electron chi connectivity index (χ2n) is 3.76. The summed E-state index contributed by atoms with van der Waals surface area (Å²) in [6, 6.07) is -2.41. The zero-order chi connectivity index (χ0) is 13.9. The average molecular weight is 276 g/mol. The quantitative estimate of drug-likeness (QED) is 0.513. The van der Waals surface area contributed by atoms with Crippen LogP contribution < -0.4 is 5.73 Å². The van der Waals surface area contributed by atoms with E-state index in [4.69, 9.17) is 10.8 Å². The van der Waals surface area contributed by atoms with E-state index in [0.717, 1.165) is 4.90 Å². The van der Waals surface area contributed by atoms with E-state index in [9.17, 15) is 14.4 Å². The van der Waals surface area contributed by atoms with Crippen molar-refractivity contribution in [3.63, 3.8) is 0 Å². The molecule has 0 radical (unpaired) electrons. The summed E-state index contributed by atoms with van der Waals surface area (Å²) in [6.45, 7) is 3.42. The molecular weight excluding hydrogens is 260 g/mol. The average Bonchev–Trinajstić information content (AvgIpc) is 2.69. The van der Waals surface area contributed by atoms with Crippen molar-refractivity contribution in [1.29, 1.82) is 0 Å². The van der Waals surface area contributed by atoms with E-state index in [1.807, 2.05) is 0 Å². The molecule has 0 aliphatic carbocycles. The fraction of sp³-hybridized carbons (Fsp3) is 0.700. The molecule has 0 aromatic rings. The number of hydrogen-bond acceptors (Lipinski definition) is 6. The van der Waals surface area contributed by atoms with E-state index in [-0.39, 0.29) is 17.7 Å². The van der Waals surface area contributed by atoms with Crippen molar-refractivity contribution in [3.8, 4) is 0 Å². The zero-order valence-corrected chi connectivity index (χ0v) is 11.0. The summed E-state index contributed by atoms with van der Waals surface area (Å²) in [5.41, 5.74) is 5.48. The minimum Gasteiger partial charge on any atom is -0.480 e. The summed E-state index contributed by atoms with van der Waals surface area (Å²) in [4.78, 5) is 35.5. The van der Waals surface area contributed by atoms with Crippen LogP contribution in [0.4, 0.5) is 0 Å². The van der Waals surface area contributed by atoms with Gasteiger partial charge in [-0.15, -0.1) is 11.8 Å². The molecule has 1 rings (SSSR count). The minimum absolute atomic E-state index is 0.118. The van der Waals surface area contributed by atoms with E-state index in [1.54, 1.807) is 13.8 Å². The van der Waals surface area contributed by atoms with Gasteiger partial charge in [0.15, 0.2) is 6.04 Å². The molecule has 1 saturated heterocycles. The van der Waals surface area contributed by atoms with Crippen molar-refractivity contribution < 1.29 is 24.2 Å². The summed E-state index contributed by atoms with van der Waals surface area (Å²) < 4.78 is 4.65. The Morgan fingerprint density at radius 1 is 1.56 bits per heavy atom. The predicted octanol–water partition coefficient (Wildman–Crippen LogP) is -0.749. The Kier molecular flexibility index (Phi) is 4.97. The molecule has 18 heavy (non-hydrogen) atoms. The Balaban J connectivity index is 2.80. The highest BCUT2D eigenvalue weighted by molar-refractivity contribution is 8.00. The molecule has 7 nitrogen and oxygen atoms in total. The Morgan fingerprint density at radius 3 is 2.67 bits per heavy atom. The predicted molar refractivity (Wildman–Crippen MR) is 64.8 cm³/mol. The van der Waals surface area contributed by atoms with E-state index in [1.165, 1.54) is 11.8 Å². The van der Waals surface area contributed by atoms with Gasteiger partial charge in [0.2, 0.25) is 0 Å². The minimum atomic E-state index is -1.46. The number of thioether (sulfide) groups is 1. The molecule has 0 spiro atoms. The third kappa shape index (κ3) is 2.94. The number of carboxylic acids is 1. The highest BCUT2D eigenvalue weighted by Gasteiger charge is 2.42. The molecule has 0 aromatic heterocycles. The first kappa shape index (κ1) is 14.8. The number of carboxylic acid groups (broad SMARTS) is 1. The molecule has 0 bridgehead atoms. The van der Waals surface area contributed by atoms with Crippen molar-refractivity contribution in [2.45, 2.75) is 31.3 Å².